The standard InChI is InChI=1S/C19H20N6O2/c1-11(2)23-19(26)24-15-6-14(7-16-18(15)22-10-25(16)4)27-17-9-21-13(8-20)5-12(17)3/h5-7,9-11H,1-4H3,(H2,23,24,26). The van der Waals surface area contributed by atoms with Crippen LogP contribution in [-0.2, 0) is 7.05 Å². The molecule has 0 unspecified atom stereocenters. The molecule has 138 valence electrons. The van der Waals surface area contributed by atoms with Crippen LogP contribution in [0.15, 0.2) is 30.7 Å². The lowest BCUT2D eigenvalue weighted by Gasteiger charge is -2.13. The number of hydrogen-bond donors (Lipinski definition) is 2. The Bertz CT molecular complexity index is 1050. The number of pyridine rings is 1. The van der Waals surface area contributed by atoms with Crippen LogP contribution >= 0.6 is 0 Å². The lowest BCUT2D eigenvalue weighted by atomic mass is 10.2. The molecule has 0 bridgehead atoms. The van der Waals surface area contributed by atoms with E-state index < -0.39 is 0 Å². The van der Waals surface area contributed by atoms with Crippen molar-refractivity contribution in [2.24, 2.45) is 7.05 Å². The average Bonchev–Trinajstić information content (AvgIpc) is 2.97. The maximum atomic E-state index is 12.1. The van der Waals surface area contributed by atoms with Crippen LogP contribution in [0.25, 0.3) is 11.0 Å². The summed E-state index contributed by atoms with van der Waals surface area (Å²) < 4.78 is 7.80. The van der Waals surface area contributed by atoms with Gasteiger partial charge >= 0.3 is 6.03 Å². The number of carbonyl (C=O) groups excluding carboxylic acids is 1. The molecule has 0 saturated carbocycles. The SMILES string of the molecule is Cc1cc(C#N)ncc1Oc1cc(NC(=O)NC(C)C)c2ncn(C)c2c1. The molecule has 0 aliphatic heterocycles. The van der Waals surface area contributed by atoms with Gasteiger partial charge in [-0.3, -0.25) is 0 Å². The van der Waals surface area contributed by atoms with Gasteiger partial charge in [0.1, 0.15) is 28.8 Å². The van der Waals surface area contributed by atoms with Crippen LogP contribution < -0.4 is 15.4 Å². The van der Waals surface area contributed by atoms with Gasteiger partial charge in [-0.05, 0) is 32.4 Å². The van der Waals surface area contributed by atoms with Crippen LogP contribution in [0.1, 0.15) is 25.1 Å². The number of aryl methyl sites for hydroxylation is 2. The second-order valence-corrected chi connectivity index (χ2v) is 6.50. The van der Waals surface area contributed by atoms with E-state index in [-0.39, 0.29) is 12.1 Å². The Labute approximate surface area is 156 Å². The summed E-state index contributed by atoms with van der Waals surface area (Å²) in [5.74, 6) is 1.06. The molecule has 0 fully saturated rings. The molecule has 2 aromatic heterocycles. The number of hydrogen-bond acceptors (Lipinski definition) is 5. The van der Waals surface area contributed by atoms with Gasteiger partial charge in [0.25, 0.3) is 0 Å². The topological polar surface area (TPSA) is 105 Å². The first-order valence-corrected chi connectivity index (χ1v) is 8.44. The van der Waals surface area contributed by atoms with E-state index in [1.54, 1.807) is 18.5 Å². The summed E-state index contributed by atoms with van der Waals surface area (Å²) in [5.41, 5.74) is 3.14. The number of nitriles is 1. The monoisotopic (exact) mass is 364 g/mol. The number of ether oxygens (including phenoxy) is 1. The summed E-state index contributed by atoms with van der Waals surface area (Å²) in [6.45, 7) is 5.61. The van der Waals surface area contributed by atoms with E-state index in [2.05, 4.69) is 20.6 Å². The van der Waals surface area contributed by atoms with Gasteiger partial charge in [-0.1, -0.05) is 0 Å². The molecule has 27 heavy (non-hydrogen) atoms. The number of nitrogens with one attached hydrogen (secondary N) is 2. The van der Waals surface area contributed by atoms with Gasteiger partial charge < -0.3 is 19.9 Å². The van der Waals surface area contributed by atoms with E-state index in [0.29, 0.717) is 28.4 Å². The number of fused-ring (bicyclic) bond motifs is 1. The summed E-state index contributed by atoms with van der Waals surface area (Å²) in [5, 5.41) is 14.6. The lowest BCUT2D eigenvalue weighted by molar-refractivity contribution is 0.250. The number of amides is 2. The van der Waals surface area contributed by atoms with Gasteiger partial charge in [0, 0.05) is 25.2 Å². The number of nitrogens with zero attached hydrogens (tertiary/aromatic N) is 4. The first-order valence-electron chi connectivity index (χ1n) is 8.44. The average molecular weight is 364 g/mol. The zero-order valence-corrected chi connectivity index (χ0v) is 15.6. The van der Waals surface area contributed by atoms with Gasteiger partial charge in [-0.15, -0.1) is 0 Å². The van der Waals surface area contributed by atoms with Crippen LogP contribution in [0.4, 0.5) is 10.5 Å². The number of anilines is 1. The number of imidazole rings is 1. The molecule has 1 aromatic carbocycles. The Morgan fingerprint density at radius 3 is 2.74 bits per heavy atom. The van der Waals surface area contributed by atoms with Crippen molar-refractivity contribution in [3.63, 3.8) is 0 Å². The highest BCUT2D eigenvalue weighted by Crippen LogP contribution is 2.32. The molecule has 3 aromatic rings. The van der Waals surface area contributed by atoms with Crippen molar-refractivity contribution in [3.05, 3.63) is 42.0 Å². The van der Waals surface area contributed by atoms with Crippen LogP contribution in [0.3, 0.4) is 0 Å². The first kappa shape index (κ1) is 18.2. The Morgan fingerprint density at radius 1 is 1.30 bits per heavy atom. The largest absolute Gasteiger partial charge is 0.455 e. The second kappa shape index (κ2) is 7.33. The van der Waals surface area contributed by atoms with E-state index in [4.69, 9.17) is 10.00 Å². The third-order valence-corrected chi connectivity index (χ3v) is 3.88. The van der Waals surface area contributed by atoms with Crippen LogP contribution in [0.2, 0.25) is 0 Å². The van der Waals surface area contributed by atoms with Crippen molar-refractivity contribution in [1.82, 2.24) is 19.9 Å². The molecule has 0 saturated heterocycles. The summed E-state index contributed by atoms with van der Waals surface area (Å²) in [6.07, 6.45) is 3.19. The summed E-state index contributed by atoms with van der Waals surface area (Å²) >= 11 is 0. The lowest BCUT2D eigenvalue weighted by Crippen LogP contribution is -2.34. The molecular formula is C19H20N6O2. The zero-order chi connectivity index (χ0) is 19.6. The number of carbonyl (C=O) groups is 1. The van der Waals surface area contributed by atoms with Crippen molar-refractivity contribution in [2.45, 2.75) is 26.8 Å². The maximum absolute atomic E-state index is 12.1. The number of aromatic nitrogens is 3. The van der Waals surface area contributed by atoms with Gasteiger partial charge in [0.05, 0.1) is 23.7 Å². The van der Waals surface area contributed by atoms with E-state index in [0.717, 1.165) is 11.1 Å². The molecule has 0 radical (unpaired) electrons. The molecule has 8 nitrogen and oxygen atoms in total. The van der Waals surface area contributed by atoms with Gasteiger partial charge in [0.2, 0.25) is 0 Å². The molecule has 2 amide bonds. The highest BCUT2D eigenvalue weighted by atomic mass is 16.5. The summed E-state index contributed by atoms with van der Waals surface area (Å²) in [4.78, 5) is 20.5. The molecule has 2 heterocycles. The highest BCUT2D eigenvalue weighted by Gasteiger charge is 2.14. The predicted octanol–water partition coefficient (Wildman–Crippen LogP) is 3.47. The van der Waals surface area contributed by atoms with Crippen LogP contribution in [0, 0.1) is 18.3 Å². The third-order valence-electron chi connectivity index (χ3n) is 3.88. The minimum atomic E-state index is -0.315. The number of benzene rings is 1. The molecule has 0 spiro atoms. The molecule has 0 atom stereocenters. The fourth-order valence-corrected chi connectivity index (χ4v) is 2.62. The van der Waals surface area contributed by atoms with E-state index in [9.17, 15) is 4.79 Å². The van der Waals surface area contributed by atoms with Crippen molar-refractivity contribution in [1.29, 1.82) is 5.26 Å². The first-order chi connectivity index (χ1) is 12.9. The predicted molar refractivity (Wildman–Crippen MR) is 102 cm³/mol. The maximum Gasteiger partial charge on any atom is 0.319 e. The van der Waals surface area contributed by atoms with Crippen LogP contribution in [-0.4, -0.2) is 26.6 Å². The minimum absolute atomic E-state index is 0.0102. The van der Waals surface area contributed by atoms with Gasteiger partial charge in [-0.25, -0.2) is 14.8 Å². The fraction of sp³-hybridized carbons (Fsp3) is 0.263. The Morgan fingerprint density at radius 2 is 2.07 bits per heavy atom. The minimum Gasteiger partial charge on any atom is -0.455 e. The Kier molecular flexibility index (Phi) is 4.94. The quantitative estimate of drug-likeness (QED) is 0.737. The highest BCUT2D eigenvalue weighted by molar-refractivity contribution is 5.99. The summed E-state index contributed by atoms with van der Waals surface area (Å²) in [6, 6.07) is 6.91. The van der Waals surface area contributed by atoms with Crippen molar-refractivity contribution in [3.8, 4) is 17.6 Å². The Balaban J connectivity index is 1.97. The van der Waals surface area contributed by atoms with Crippen LogP contribution in [0.5, 0.6) is 11.5 Å². The van der Waals surface area contributed by atoms with Gasteiger partial charge in [-0.2, -0.15) is 5.26 Å². The molecule has 2 N–H and O–H groups in total. The molecule has 0 aliphatic rings. The fourth-order valence-electron chi connectivity index (χ4n) is 2.62. The number of urea groups is 1. The van der Waals surface area contributed by atoms with E-state index in [1.807, 2.05) is 44.5 Å². The van der Waals surface area contributed by atoms with Gasteiger partial charge in [0.15, 0.2) is 0 Å². The molecule has 3 rings (SSSR count). The van der Waals surface area contributed by atoms with E-state index >= 15 is 0 Å². The Hall–Kier alpha value is -3.60. The van der Waals surface area contributed by atoms with Crippen molar-refractivity contribution >= 4 is 22.8 Å². The smallest absolute Gasteiger partial charge is 0.319 e. The second-order valence-electron chi connectivity index (χ2n) is 6.50. The third kappa shape index (κ3) is 3.98. The summed E-state index contributed by atoms with van der Waals surface area (Å²) in [7, 11) is 1.87. The van der Waals surface area contributed by atoms with Crippen molar-refractivity contribution in [2.75, 3.05) is 5.32 Å². The van der Waals surface area contributed by atoms with Crippen molar-refractivity contribution < 1.29 is 9.53 Å². The zero-order valence-electron chi connectivity index (χ0n) is 15.6. The van der Waals surface area contributed by atoms with E-state index in [1.165, 1.54) is 6.20 Å². The normalized spacial score (nSPS) is 10.7. The number of rotatable bonds is 4. The molecular weight excluding hydrogens is 344 g/mol. The molecule has 8 heteroatoms. The molecule has 0 aliphatic carbocycles.